The van der Waals surface area contributed by atoms with Crippen molar-refractivity contribution in [2.24, 2.45) is 0 Å². The third-order valence-electron chi connectivity index (χ3n) is 2.76. The molecule has 0 aliphatic heterocycles. The Labute approximate surface area is 111 Å². The Balaban J connectivity index is 2.22. The van der Waals surface area contributed by atoms with Gasteiger partial charge >= 0.3 is 5.97 Å². The van der Waals surface area contributed by atoms with Crippen molar-refractivity contribution in [3.05, 3.63) is 58.3 Å². The molecule has 0 spiro atoms. The highest BCUT2D eigenvalue weighted by atomic mass is 32.1. The highest BCUT2D eigenvalue weighted by molar-refractivity contribution is 7.10. The molecule has 0 radical (unpaired) electrons. The number of ether oxygens (including phenoxy) is 1. The molecule has 3 heteroatoms. The van der Waals surface area contributed by atoms with Gasteiger partial charge in [-0.05, 0) is 23.9 Å². The fourth-order valence-corrected chi connectivity index (χ4v) is 2.80. The maximum absolute atomic E-state index is 11.7. The molecule has 0 unspecified atom stereocenters. The van der Waals surface area contributed by atoms with Gasteiger partial charge in [-0.15, -0.1) is 11.3 Å². The van der Waals surface area contributed by atoms with Gasteiger partial charge in [0.05, 0.1) is 13.0 Å². The molecule has 0 saturated carbocycles. The van der Waals surface area contributed by atoms with Crippen LogP contribution in [-0.2, 0) is 9.53 Å². The second-order valence-electron chi connectivity index (χ2n) is 3.99. The first-order valence-corrected chi connectivity index (χ1v) is 6.93. The summed E-state index contributed by atoms with van der Waals surface area (Å²) in [5, 5.41) is 2.04. The molecule has 0 aliphatic carbocycles. The van der Waals surface area contributed by atoms with Crippen LogP contribution in [0.4, 0.5) is 0 Å². The van der Waals surface area contributed by atoms with Gasteiger partial charge in [-0.1, -0.05) is 36.4 Å². The van der Waals surface area contributed by atoms with E-state index < -0.39 is 0 Å². The van der Waals surface area contributed by atoms with E-state index in [1.54, 1.807) is 11.3 Å². The summed E-state index contributed by atoms with van der Waals surface area (Å²) < 4.78 is 5.06. The van der Waals surface area contributed by atoms with Crippen molar-refractivity contribution in [3.63, 3.8) is 0 Å². The van der Waals surface area contributed by atoms with Crippen LogP contribution in [0.5, 0.6) is 0 Å². The van der Waals surface area contributed by atoms with E-state index in [0.29, 0.717) is 13.0 Å². The van der Waals surface area contributed by atoms with E-state index in [1.165, 1.54) is 4.88 Å². The van der Waals surface area contributed by atoms with Crippen molar-refractivity contribution >= 4 is 17.3 Å². The minimum Gasteiger partial charge on any atom is -0.466 e. The molecule has 1 atom stereocenters. The molecule has 0 amide bonds. The summed E-state index contributed by atoms with van der Waals surface area (Å²) in [4.78, 5) is 12.9. The van der Waals surface area contributed by atoms with Gasteiger partial charge in [0, 0.05) is 10.8 Å². The Morgan fingerprint density at radius 3 is 2.61 bits per heavy atom. The average molecular weight is 260 g/mol. The second kappa shape index (κ2) is 6.36. The predicted molar refractivity (Wildman–Crippen MR) is 73.9 cm³/mol. The summed E-state index contributed by atoms with van der Waals surface area (Å²) in [6.07, 6.45) is 0.401. The van der Waals surface area contributed by atoms with Crippen molar-refractivity contribution in [1.29, 1.82) is 0 Å². The molecule has 94 valence electrons. The zero-order valence-corrected chi connectivity index (χ0v) is 11.2. The topological polar surface area (TPSA) is 26.3 Å². The van der Waals surface area contributed by atoms with Crippen LogP contribution in [0.1, 0.15) is 29.7 Å². The van der Waals surface area contributed by atoms with E-state index in [9.17, 15) is 4.79 Å². The molecule has 0 N–H and O–H groups in total. The molecular weight excluding hydrogens is 244 g/mol. The van der Waals surface area contributed by atoms with Crippen molar-refractivity contribution in [3.8, 4) is 0 Å². The number of hydrogen-bond donors (Lipinski definition) is 0. The maximum Gasteiger partial charge on any atom is 0.306 e. The number of esters is 1. The smallest absolute Gasteiger partial charge is 0.306 e. The molecule has 1 heterocycles. The number of rotatable bonds is 5. The summed E-state index contributed by atoms with van der Waals surface area (Å²) in [5.74, 6) is -0.0370. The highest BCUT2D eigenvalue weighted by Crippen LogP contribution is 2.31. The number of carbonyl (C=O) groups is 1. The van der Waals surface area contributed by atoms with Crippen LogP contribution in [0.15, 0.2) is 47.8 Å². The summed E-state index contributed by atoms with van der Waals surface area (Å²) in [6, 6.07) is 14.2. The van der Waals surface area contributed by atoms with Crippen LogP contribution >= 0.6 is 11.3 Å². The molecule has 18 heavy (non-hydrogen) atoms. The Hall–Kier alpha value is -1.61. The van der Waals surface area contributed by atoms with Crippen LogP contribution in [0, 0.1) is 0 Å². The molecule has 0 bridgehead atoms. The standard InChI is InChI=1S/C15H16O2S/c1-2-17-15(16)11-13(14-9-6-10-18-14)12-7-4-3-5-8-12/h3-10,13H,2,11H2,1H3/t13-/m0/s1. The van der Waals surface area contributed by atoms with Gasteiger partial charge in [0.15, 0.2) is 0 Å². The first-order chi connectivity index (χ1) is 8.81. The first kappa shape index (κ1) is 12.8. The third-order valence-corrected chi connectivity index (χ3v) is 3.75. The Morgan fingerprint density at radius 1 is 1.22 bits per heavy atom. The molecule has 1 aromatic carbocycles. The van der Waals surface area contributed by atoms with E-state index >= 15 is 0 Å². The molecular formula is C15H16O2S. The van der Waals surface area contributed by atoms with E-state index in [2.05, 4.69) is 18.2 Å². The number of benzene rings is 1. The van der Waals surface area contributed by atoms with Crippen LogP contribution < -0.4 is 0 Å². The average Bonchev–Trinajstić information content (AvgIpc) is 2.91. The fourth-order valence-electron chi connectivity index (χ4n) is 1.94. The van der Waals surface area contributed by atoms with Gasteiger partial charge in [-0.25, -0.2) is 0 Å². The van der Waals surface area contributed by atoms with E-state index in [4.69, 9.17) is 4.74 Å². The minimum absolute atomic E-state index is 0.102. The summed E-state index contributed by atoms with van der Waals surface area (Å²) in [5.41, 5.74) is 1.16. The molecule has 2 rings (SSSR count). The highest BCUT2D eigenvalue weighted by Gasteiger charge is 2.19. The van der Waals surface area contributed by atoms with Crippen LogP contribution in [0.25, 0.3) is 0 Å². The van der Waals surface area contributed by atoms with Crippen LogP contribution in [0.2, 0.25) is 0 Å². The third kappa shape index (κ3) is 3.20. The van der Waals surface area contributed by atoms with E-state index in [1.807, 2.05) is 36.6 Å². The Morgan fingerprint density at radius 2 is 2.00 bits per heavy atom. The monoisotopic (exact) mass is 260 g/mol. The van der Waals surface area contributed by atoms with Crippen molar-refractivity contribution in [1.82, 2.24) is 0 Å². The summed E-state index contributed by atoms with van der Waals surface area (Å²) >= 11 is 1.68. The summed E-state index contributed by atoms with van der Waals surface area (Å²) in [6.45, 7) is 2.27. The Bertz CT molecular complexity index is 476. The van der Waals surface area contributed by atoms with Crippen molar-refractivity contribution in [2.75, 3.05) is 6.61 Å². The van der Waals surface area contributed by atoms with Crippen molar-refractivity contribution in [2.45, 2.75) is 19.3 Å². The van der Waals surface area contributed by atoms with Crippen LogP contribution in [0.3, 0.4) is 0 Å². The molecule has 0 saturated heterocycles. The molecule has 0 aliphatic rings. The van der Waals surface area contributed by atoms with Gasteiger partial charge in [0.25, 0.3) is 0 Å². The molecule has 2 aromatic rings. The lowest BCUT2D eigenvalue weighted by molar-refractivity contribution is -0.143. The molecule has 0 fully saturated rings. The number of thiophene rings is 1. The van der Waals surface area contributed by atoms with Gasteiger partial charge < -0.3 is 4.74 Å². The quantitative estimate of drug-likeness (QED) is 0.764. The fraction of sp³-hybridized carbons (Fsp3) is 0.267. The Kier molecular flexibility index (Phi) is 4.53. The molecule has 2 nitrogen and oxygen atoms in total. The van der Waals surface area contributed by atoms with E-state index in [-0.39, 0.29) is 11.9 Å². The lowest BCUT2D eigenvalue weighted by atomic mass is 9.94. The SMILES string of the molecule is CCOC(=O)C[C@@H](c1ccccc1)c1cccs1. The normalized spacial score (nSPS) is 12.1. The van der Waals surface area contributed by atoms with E-state index in [0.717, 1.165) is 5.56 Å². The second-order valence-corrected chi connectivity index (χ2v) is 4.97. The maximum atomic E-state index is 11.7. The van der Waals surface area contributed by atoms with Crippen molar-refractivity contribution < 1.29 is 9.53 Å². The minimum atomic E-state index is -0.139. The van der Waals surface area contributed by atoms with Gasteiger partial charge in [0.2, 0.25) is 0 Å². The molecule has 1 aromatic heterocycles. The zero-order valence-electron chi connectivity index (χ0n) is 10.3. The number of hydrogen-bond acceptors (Lipinski definition) is 3. The predicted octanol–water partition coefficient (Wildman–Crippen LogP) is 3.83. The zero-order chi connectivity index (χ0) is 12.8. The van der Waals surface area contributed by atoms with Gasteiger partial charge in [-0.2, -0.15) is 0 Å². The lowest BCUT2D eigenvalue weighted by Crippen LogP contribution is -2.10. The van der Waals surface area contributed by atoms with Gasteiger partial charge in [0.1, 0.15) is 0 Å². The number of carbonyl (C=O) groups excluding carboxylic acids is 1. The summed E-state index contributed by atoms with van der Waals surface area (Å²) in [7, 11) is 0. The first-order valence-electron chi connectivity index (χ1n) is 6.05. The van der Waals surface area contributed by atoms with Gasteiger partial charge in [-0.3, -0.25) is 4.79 Å². The van der Waals surface area contributed by atoms with Crippen LogP contribution in [-0.4, -0.2) is 12.6 Å². The largest absolute Gasteiger partial charge is 0.466 e. The lowest BCUT2D eigenvalue weighted by Gasteiger charge is -2.15.